The third kappa shape index (κ3) is 2.81. The van der Waals surface area contributed by atoms with Gasteiger partial charge in [-0.3, -0.25) is 4.98 Å². The molecule has 1 saturated carbocycles. The molecule has 2 N–H and O–H groups in total. The first-order valence-electron chi connectivity index (χ1n) is 7.89. The number of nitrogens with one attached hydrogen (secondary N) is 2. The number of hydrogen-bond acceptors (Lipinski definition) is 6. The predicted octanol–water partition coefficient (Wildman–Crippen LogP) is 3.12. The van der Waals surface area contributed by atoms with Crippen LogP contribution in [0, 0.1) is 0 Å². The molecule has 4 rings (SSSR count). The Kier molecular flexibility index (Phi) is 3.33. The summed E-state index contributed by atoms with van der Waals surface area (Å²) >= 11 is 0. The van der Waals surface area contributed by atoms with Crippen molar-refractivity contribution in [3.05, 3.63) is 30.9 Å². The third-order valence-corrected chi connectivity index (χ3v) is 3.83. The van der Waals surface area contributed by atoms with E-state index in [0.717, 1.165) is 22.7 Å². The quantitative estimate of drug-likeness (QED) is 0.753. The Labute approximate surface area is 134 Å². The first kappa shape index (κ1) is 13.9. The summed E-state index contributed by atoms with van der Waals surface area (Å²) in [7, 11) is 0. The molecule has 1 fully saturated rings. The zero-order valence-electron chi connectivity index (χ0n) is 13.2. The molecule has 7 heteroatoms. The SMILES string of the molecule is CC(C)n1cnc2c(NC3CC3)nc(Nc3ccncc3)nc21. The van der Waals surface area contributed by atoms with E-state index in [1.807, 2.05) is 18.5 Å². The molecule has 0 atom stereocenters. The van der Waals surface area contributed by atoms with Gasteiger partial charge in [-0.25, -0.2) is 4.98 Å². The fraction of sp³-hybridized carbons (Fsp3) is 0.375. The van der Waals surface area contributed by atoms with E-state index < -0.39 is 0 Å². The molecule has 0 aliphatic heterocycles. The molecule has 0 spiro atoms. The minimum atomic E-state index is 0.289. The number of anilines is 3. The van der Waals surface area contributed by atoms with Gasteiger partial charge in [-0.05, 0) is 38.8 Å². The smallest absolute Gasteiger partial charge is 0.231 e. The monoisotopic (exact) mass is 309 g/mol. The second-order valence-electron chi connectivity index (χ2n) is 6.09. The van der Waals surface area contributed by atoms with Crippen molar-refractivity contribution in [2.75, 3.05) is 10.6 Å². The zero-order valence-corrected chi connectivity index (χ0v) is 13.2. The minimum absolute atomic E-state index is 0.289. The van der Waals surface area contributed by atoms with Gasteiger partial charge in [0.2, 0.25) is 5.95 Å². The lowest BCUT2D eigenvalue weighted by Crippen LogP contribution is -2.08. The molecule has 23 heavy (non-hydrogen) atoms. The fourth-order valence-electron chi connectivity index (χ4n) is 2.44. The van der Waals surface area contributed by atoms with Crippen molar-refractivity contribution in [1.29, 1.82) is 0 Å². The summed E-state index contributed by atoms with van der Waals surface area (Å²) in [6.07, 6.45) is 7.68. The normalized spacial score (nSPS) is 14.4. The van der Waals surface area contributed by atoms with Crippen LogP contribution in [0.5, 0.6) is 0 Å². The maximum atomic E-state index is 4.66. The first-order valence-corrected chi connectivity index (χ1v) is 7.89. The molecule has 0 bridgehead atoms. The van der Waals surface area contributed by atoms with Gasteiger partial charge in [0, 0.05) is 30.2 Å². The lowest BCUT2D eigenvalue weighted by atomic mass is 10.4. The van der Waals surface area contributed by atoms with Gasteiger partial charge in [0.1, 0.15) is 0 Å². The first-order chi connectivity index (χ1) is 11.2. The Morgan fingerprint density at radius 1 is 1.17 bits per heavy atom. The fourth-order valence-corrected chi connectivity index (χ4v) is 2.44. The molecular formula is C16H19N7. The molecule has 7 nitrogen and oxygen atoms in total. The molecule has 3 heterocycles. The van der Waals surface area contributed by atoms with E-state index in [1.54, 1.807) is 12.4 Å². The highest BCUT2D eigenvalue weighted by Crippen LogP contribution is 2.29. The summed E-state index contributed by atoms with van der Waals surface area (Å²) in [6.45, 7) is 4.24. The topological polar surface area (TPSA) is 80.5 Å². The lowest BCUT2D eigenvalue weighted by Gasteiger charge is -2.11. The summed E-state index contributed by atoms with van der Waals surface area (Å²) in [5.41, 5.74) is 2.58. The average Bonchev–Trinajstić information content (AvgIpc) is 3.24. The molecule has 3 aromatic heterocycles. The molecule has 1 aliphatic rings. The summed E-state index contributed by atoms with van der Waals surface area (Å²) in [5.74, 6) is 1.36. The van der Waals surface area contributed by atoms with Crippen LogP contribution in [0.1, 0.15) is 32.7 Å². The number of fused-ring (bicyclic) bond motifs is 1. The van der Waals surface area contributed by atoms with Crippen LogP contribution in [-0.4, -0.2) is 30.5 Å². The Hall–Kier alpha value is -2.70. The Morgan fingerprint density at radius 3 is 2.65 bits per heavy atom. The highest BCUT2D eigenvalue weighted by Gasteiger charge is 2.24. The Balaban J connectivity index is 1.78. The van der Waals surface area contributed by atoms with Crippen LogP contribution in [0.15, 0.2) is 30.9 Å². The van der Waals surface area contributed by atoms with Gasteiger partial charge in [-0.15, -0.1) is 0 Å². The lowest BCUT2D eigenvalue weighted by molar-refractivity contribution is 0.613. The molecule has 3 aromatic rings. The summed E-state index contributed by atoms with van der Waals surface area (Å²) in [4.78, 5) is 17.8. The number of hydrogen-bond donors (Lipinski definition) is 2. The number of pyridine rings is 1. The van der Waals surface area contributed by atoms with Crippen molar-refractivity contribution in [3.63, 3.8) is 0 Å². The van der Waals surface area contributed by atoms with E-state index in [1.165, 1.54) is 12.8 Å². The molecule has 0 radical (unpaired) electrons. The van der Waals surface area contributed by atoms with Crippen LogP contribution < -0.4 is 10.6 Å². The van der Waals surface area contributed by atoms with Crippen LogP contribution in [-0.2, 0) is 0 Å². The minimum Gasteiger partial charge on any atom is -0.365 e. The van der Waals surface area contributed by atoms with Gasteiger partial charge in [0.05, 0.1) is 6.33 Å². The molecular weight excluding hydrogens is 290 g/mol. The van der Waals surface area contributed by atoms with E-state index in [0.29, 0.717) is 12.0 Å². The van der Waals surface area contributed by atoms with Crippen LogP contribution in [0.3, 0.4) is 0 Å². The maximum absolute atomic E-state index is 4.66. The summed E-state index contributed by atoms with van der Waals surface area (Å²) < 4.78 is 2.06. The predicted molar refractivity (Wildman–Crippen MR) is 89.9 cm³/mol. The van der Waals surface area contributed by atoms with Gasteiger partial charge in [0.25, 0.3) is 0 Å². The second-order valence-corrected chi connectivity index (χ2v) is 6.09. The molecule has 118 valence electrons. The van der Waals surface area contributed by atoms with Crippen molar-refractivity contribution in [2.45, 2.75) is 38.8 Å². The van der Waals surface area contributed by atoms with Crippen molar-refractivity contribution in [3.8, 4) is 0 Å². The van der Waals surface area contributed by atoms with Gasteiger partial charge in [-0.1, -0.05) is 0 Å². The van der Waals surface area contributed by atoms with Crippen molar-refractivity contribution >= 4 is 28.6 Å². The number of aromatic nitrogens is 5. The van der Waals surface area contributed by atoms with E-state index in [4.69, 9.17) is 0 Å². The van der Waals surface area contributed by atoms with E-state index >= 15 is 0 Å². The molecule has 0 saturated heterocycles. The van der Waals surface area contributed by atoms with Crippen molar-refractivity contribution in [1.82, 2.24) is 24.5 Å². The van der Waals surface area contributed by atoms with Gasteiger partial charge >= 0.3 is 0 Å². The van der Waals surface area contributed by atoms with Gasteiger partial charge < -0.3 is 15.2 Å². The highest BCUT2D eigenvalue weighted by atomic mass is 15.2. The molecule has 1 aliphatic carbocycles. The van der Waals surface area contributed by atoms with Crippen LogP contribution >= 0.6 is 0 Å². The van der Waals surface area contributed by atoms with Crippen LogP contribution in [0.2, 0.25) is 0 Å². The van der Waals surface area contributed by atoms with Gasteiger partial charge in [0.15, 0.2) is 17.0 Å². The third-order valence-electron chi connectivity index (χ3n) is 3.83. The summed E-state index contributed by atoms with van der Waals surface area (Å²) in [5, 5.41) is 6.70. The van der Waals surface area contributed by atoms with E-state index in [2.05, 4.69) is 49.0 Å². The van der Waals surface area contributed by atoms with E-state index in [-0.39, 0.29) is 6.04 Å². The van der Waals surface area contributed by atoms with Gasteiger partial charge in [-0.2, -0.15) is 9.97 Å². The summed E-state index contributed by atoms with van der Waals surface area (Å²) in [6, 6.07) is 4.58. The number of rotatable bonds is 5. The van der Waals surface area contributed by atoms with Crippen molar-refractivity contribution in [2.24, 2.45) is 0 Å². The highest BCUT2D eigenvalue weighted by molar-refractivity contribution is 5.85. The molecule has 0 unspecified atom stereocenters. The Morgan fingerprint density at radius 2 is 1.96 bits per heavy atom. The van der Waals surface area contributed by atoms with Crippen LogP contribution in [0.25, 0.3) is 11.2 Å². The number of nitrogens with zero attached hydrogens (tertiary/aromatic N) is 5. The second kappa shape index (κ2) is 5.49. The number of imidazole rings is 1. The zero-order chi connectivity index (χ0) is 15.8. The molecule has 0 aromatic carbocycles. The van der Waals surface area contributed by atoms with Crippen molar-refractivity contribution < 1.29 is 0 Å². The molecule has 0 amide bonds. The standard InChI is InChI=1S/C16H19N7/c1-10(2)23-9-18-13-14(19-11-3-4-11)21-16(22-15(13)23)20-12-5-7-17-8-6-12/h5-11H,3-4H2,1-2H3,(H2,17,19,20,21,22). The van der Waals surface area contributed by atoms with E-state index in [9.17, 15) is 0 Å². The maximum Gasteiger partial charge on any atom is 0.231 e. The Bertz CT molecular complexity index is 821. The largest absolute Gasteiger partial charge is 0.365 e. The average molecular weight is 309 g/mol. The van der Waals surface area contributed by atoms with Crippen LogP contribution in [0.4, 0.5) is 17.5 Å².